The minimum Gasteiger partial charge on any atom is -0.466 e. The fourth-order valence-electron chi connectivity index (χ4n) is 6.63. The van der Waals surface area contributed by atoms with E-state index in [-0.39, 0.29) is 13.0 Å². The van der Waals surface area contributed by atoms with Crippen molar-refractivity contribution >= 4 is 18.0 Å². The Morgan fingerprint density at radius 1 is 0.442 bits per heavy atom. The predicted molar refractivity (Wildman–Crippen MR) is 219 cm³/mol. The van der Waals surface area contributed by atoms with Gasteiger partial charge in [-0.2, -0.15) is 0 Å². The Labute approximate surface area is 322 Å². The summed E-state index contributed by atoms with van der Waals surface area (Å²) < 4.78 is 16.2. The summed E-state index contributed by atoms with van der Waals surface area (Å²) in [5, 5.41) is 2.53. The lowest BCUT2D eigenvalue weighted by atomic mass is 10.0. The first-order valence-electron chi connectivity index (χ1n) is 22.5. The molecule has 0 aliphatic rings. The zero-order valence-electron chi connectivity index (χ0n) is 35.3. The van der Waals surface area contributed by atoms with Crippen molar-refractivity contribution in [3.63, 3.8) is 0 Å². The Kier molecular flexibility index (Phi) is 36.2. The molecule has 0 saturated carbocycles. The normalized spacial score (nSPS) is 12.1. The van der Waals surface area contributed by atoms with E-state index in [1.54, 1.807) is 20.8 Å². The van der Waals surface area contributed by atoms with Crippen molar-refractivity contribution in [2.75, 3.05) is 13.2 Å². The summed E-state index contributed by atoms with van der Waals surface area (Å²) in [5.41, 5.74) is -0.722. The van der Waals surface area contributed by atoms with Gasteiger partial charge in [-0.25, -0.2) is 9.59 Å². The number of unbranched alkanes of at least 4 members (excludes halogenated alkanes) is 30. The van der Waals surface area contributed by atoms with Crippen LogP contribution in [0.1, 0.15) is 247 Å². The monoisotopic (exact) mass is 738 g/mol. The van der Waals surface area contributed by atoms with Gasteiger partial charge in [0.2, 0.25) is 0 Å². The van der Waals surface area contributed by atoms with Crippen LogP contribution in [-0.4, -0.2) is 42.9 Å². The molecule has 0 radical (unpaired) electrons. The van der Waals surface area contributed by atoms with Crippen LogP contribution in [0.15, 0.2) is 0 Å². The Bertz CT molecular complexity index is 810. The highest BCUT2D eigenvalue weighted by molar-refractivity contribution is 5.86. The SMILES string of the molecule is CCCCCCCCCCCCCCCCCCOC(=O)C[C@H](NC(=O)OC(C)(C)C)C(=O)OCCCCCCCCCCCCCCCCCC. The molecule has 7 nitrogen and oxygen atoms in total. The summed E-state index contributed by atoms with van der Waals surface area (Å²) in [6.07, 6.45) is 40.0. The fourth-order valence-corrected chi connectivity index (χ4v) is 6.63. The molecule has 0 aliphatic heterocycles. The zero-order valence-corrected chi connectivity index (χ0v) is 35.3. The number of ether oxygens (including phenoxy) is 3. The smallest absolute Gasteiger partial charge is 0.408 e. The Morgan fingerprint density at radius 2 is 0.731 bits per heavy atom. The summed E-state index contributed by atoms with van der Waals surface area (Å²) in [6, 6.07) is -1.13. The molecular formula is C45H87NO6. The number of rotatable bonds is 38. The van der Waals surface area contributed by atoms with E-state index in [1.807, 2.05) is 0 Å². The molecule has 0 aromatic carbocycles. The van der Waals surface area contributed by atoms with Crippen LogP contribution in [0.3, 0.4) is 0 Å². The van der Waals surface area contributed by atoms with E-state index in [0.717, 1.165) is 38.5 Å². The molecule has 0 spiro atoms. The van der Waals surface area contributed by atoms with Gasteiger partial charge in [0.15, 0.2) is 0 Å². The van der Waals surface area contributed by atoms with Gasteiger partial charge in [0.05, 0.1) is 19.6 Å². The van der Waals surface area contributed by atoms with Crippen molar-refractivity contribution in [2.45, 2.75) is 258 Å². The van der Waals surface area contributed by atoms with Crippen LogP contribution in [0.4, 0.5) is 4.79 Å². The lowest BCUT2D eigenvalue weighted by molar-refractivity contribution is -0.152. The maximum atomic E-state index is 12.9. The van der Waals surface area contributed by atoms with Crippen LogP contribution < -0.4 is 5.32 Å². The van der Waals surface area contributed by atoms with Crippen LogP contribution >= 0.6 is 0 Å². The van der Waals surface area contributed by atoms with Gasteiger partial charge in [-0.1, -0.05) is 206 Å². The van der Waals surface area contributed by atoms with Gasteiger partial charge in [0, 0.05) is 0 Å². The number of nitrogens with one attached hydrogen (secondary N) is 1. The van der Waals surface area contributed by atoms with Crippen molar-refractivity contribution in [3.8, 4) is 0 Å². The van der Waals surface area contributed by atoms with Crippen LogP contribution in [0.5, 0.6) is 0 Å². The summed E-state index contributed by atoms with van der Waals surface area (Å²) in [5.74, 6) is -1.13. The molecule has 308 valence electrons. The van der Waals surface area contributed by atoms with Crippen LogP contribution in [-0.2, 0) is 23.8 Å². The zero-order chi connectivity index (χ0) is 38.4. The van der Waals surface area contributed by atoms with Crippen molar-refractivity contribution in [1.82, 2.24) is 5.32 Å². The molecule has 0 rings (SSSR count). The summed E-state index contributed by atoms with van der Waals surface area (Å²) in [4.78, 5) is 37.9. The molecule has 7 heteroatoms. The molecular weight excluding hydrogens is 650 g/mol. The molecule has 0 bridgehead atoms. The van der Waals surface area contributed by atoms with E-state index >= 15 is 0 Å². The Morgan fingerprint density at radius 3 is 1.04 bits per heavy atom. The number of esters is 2. The Hall–Kier alpha value is -1.79. The molecule has 0 aromatic heterocycles. The van der Waals surface area contributed by atoms with Gasteiger partial charge in [-0.15, -0.1) is 0 Å². The van der Waals surface area contributed by atoms with Gasteiger partial charge in [0.1, 0.15) is 11.6 Å². The van der Waals surface area contributed by atoms with Gasteiger partial charge >= 0.3 is 18.0 Å². The minimum absolute atomic E-state index is 0.268. The highest BCUT2D eigenvalue weighted by Gasteiger charge is 2.28. The number of amides is 1. The van der Waals surface area contributed by atoms with E-state index < -0.39 is 29.7 Å². The average Bonchev–Trinajstić information content (AvgIpc) is 3.09. The molecule has 1 amide bonds. The van der Waals surface area contributed by atoms with Crippen molar-refractivity contribution in [3.05, 3.63) is 0 Å². The van der Waals surface area contributed by atoms with Gasteiger partial charge in [0.25, 0.3) is 0 Å². The first kappa shape index (κ1) is 50.2. The third kappa shape index (κ3) is 38.0. The lowest BCUT2D eigenvalue weighted by Crippen LogP contribution is -2.45. The third-order valence-electron chi connectivity index (χ3n) is 9.85. The molecule has 0 heterocycles. The average molecular weight is 738 g/mol. The summed E-state index contributed by atoms with van der Waals surface area (Å²) >= 11 is 0. The Balaban J connectivity index is 4.03. The molecule has 0 aromatic rings. The van der Waals surface area contributed by atoms with Gasteiger partial charge in [-0.05, 0) is 33.6 Å². The summed E-state index contributed by atoms with van der Waals surface area (Å²) in [7, 11) is 0. The molecule has 1 N–H and O–H groups in total. The van der Waals surface area contributed by atoms with E-state index in [9.17, 15) is 14.4 Å². The predicted octanol–water partition coefficient (Wildman–Crippen LogP) is 13.9. The number of carbonyl (C=O) groups excluding carboxylic acids is 3. The number of alkyl carbamates (subject to hydrolysis) is 1. The largest absolute Gasteiger partial charge is 0.466 e. The highest BCUT2D eigenvalue weighted by atomic mass is 16.6. The van der Waals surface area contributed by atoms with Crippen LogP contribution in [0.25, 0.3) is 0 Å². The molecule has 1 atom stereocenters. The molecule has 0 unspecified atom stereocenters. The van der Waals surface area contributed by atoms with Crippen LogP contribution in [0, 0.1) is 0 Å². The molecule has 0 aliphatic carbocycles. The van der Waals surface area contributed by atoms with E-state index in [2.05, 4.69) is 19.2 Å². The second kappa shape index (κ2) is 37.5. The number of hydrogen-bond acceptors (Lipinski definition) is 6. The fraction of sp³-hybridized carbons (Fsp3) is 0.933. The minimum atomic E-state index is -1.13. The standard InChI is InChI=1S/C45H87NO6/c1-6-8-10-12-14-16-18-20-22-24-26-28-30-32-34-36-38-50-42(47)40-41(46-44(49)52-45(3,4)5)43(48)51-39-37-35-33-31-29-27-25-23-21-19-17-15-13-11-9-7-2/h41H,6-40H2,1-5H3,(H,46,49)/t41-/m0/s1. The number of carbonyl (C=O) groups is 3. The number of hydrogen-bond donors (Lipinski definition) is 1. The van der Waals surface area contributed by atoms with Crippen LogP contribution in [0.2, 0.25) is 0 Å². The van der Waals surface area contributed by atoms with Gasteiger partial charge in [-0.3, -0.25) is 4.79 Å². The van der Waals surface area contributed by atoms with E-state index in [0.29, 0.717) is 6.61 Å². The third-order valence-corrected chi connectivity index (χ3v) is 9.85. The highest BCUT2D eigenvalue weighted by Crippen LogP contribution is 2.16. The molecule has 52 heavy (non-hydrogen) atoms. The van der Waals surface area contributed by atoms with Crippen molar-refractivity contribution in [2.24, 2.45) is 0 Å². The van der Waals surface area contributed by atoms with E-state index in [4.69, 9.17) is 14.2 Å². The van der Waals surface area contributed by atoms with Gasteiger partial charge < -0.3 is 19.5 Å². The van der Waals surface area contributed by atoms with Crippen molar-refractivity contribution in [1.29, 1.82) is 0 Å². The molecule has 0 fully saturated rings. The van der Waals surface area contributed by atoms with E-state index in [1.165, 1.54) is 167 Å². The topological polar surface area (TPSA) is 90.9 Å². The lowest BCUT2D eigenvalue weighted by Gasteiger charge is -2.22. The maximum Gasteiger partial charge on any atom is 0.408 e. The summed E-state index contributed by atoms with van der Waals surface area (Å²) in [6.45, 7) is 10.4. The van der Waals surface area contributed by atoms with Crippen molar-refractivity contribution < 1.29 is 28.6 Å². The first-order valence-corrected chi connectivity index (χ1v) is 22.5. The first-order chi connectivity index (χ1) is 25.2. The molecule has 0 saturated heterocycles. The second-order valence-corrected chi connectivity index (χ2v) is 16.4. The maximum absolute atomic E-state index is 12.9. The quantitative estimate of drug-likeness (QED) is 0.0385. The second-order valence-electron chi connectivity index (χ2n) is 16.4.